The molecule has 0 saturated carbocycles. The van der Waals surface area contributed by atoms with Crippen molar-refractivity contribution in [1.29, 1.82) is 0 Å². The molecule has 0 radical (unpaired) electrons. The fourth-order valence-corrected chi connectivity index (χ4v) is 3.36. The van der Waals surface area contributed by atoms with Crippen LogP contribution in [0.4, 0.5) is 0 Å². The third-order valence-electron chi connectivity index (χ3n) is 4.80. The SMILES string of the molecule is CC(C)C[C@@H]1C(=O)N(CC(N)=O)CCN1C(=O)CN[C@H](C)c1ccccc1. The molecule has 1 fully saturated rings. The molecule has 3 amide bonds. The second-order valence-electron chi connectivity index (χ2n) is 7.47. The molecule has 0 unspecified atom stereocenters. The van der Waals surface area contributed by atoms with E-state index in [1.165, 1.54) is 4.90 Å². The van der Waals surface area contributed by atoms with Crippen molar-refractivity contribution in [2.45, 2.75) is 39.3 Å². The molecule has 0 spiro atoms. The van der Waals surface area contributed by atoms with Gasteiger partial charge in [-0.1, -0.05) is 44.2 Å². The second-order valence-corrected chi connectivity index (χ2v) is 7.47. The first-order chi connectivity index (χ1) is 12.8. The van der Waals surface area contributed by atoms with Gasteiger partial charge >= 0.3 is 0 Å². The van der Waals surface area contributed by atoms with E-state index in [1.54, 1.807) is 4.90 Å². The summed E-state index contributed by atoms with van der Waals surface area (Å²) >= 11 is 0. The number of carbonyl (C=O) groups excluding carboxylic acids is 3. The van der Waals surface area contributed by atoms with Crippen molar-refractivity contribution in [3.8, 4) is 0 Å². The number of carbonyl (C=O) groups is 3. The molecule has 148 valence electrons. The average Bonchev–Trinajstić information content (AvgIpc) is 2.63. The minimum atomic E-state index is -0.542. The van der Waals surface area contributed by atoms with Gasteiger partial charge in [0, 0.05) is 19.1 Å². The molecule has 27 heavy (non-hydrogen) atoms. The van der Waals surface area contributed by atoms with Crippen LogP contribution in [0, 0.1) is 5.92 Å². The molecule has 0 aromatic heterocycles. The van der Waals surface area contributed by atoms with E-state index in [9.17, 15) is 14.4 Å². The molecule has 0 bridgehead atoms. The van der Waals surface area contributed by atoms with Gasteiger partial charge in [-0.15, -0.1) is 0 Å². The van der Waals surface area contributed by atoms with Gasteiger partial charge in [-0.25, -0.2) is 0 Å². The summed E-state index contributed by atoms with van der Waals surface area (Å²) < 4.78 is 0. The van der Waals surface area contributed by atoms with Crippen molar-refractivity contribution >= 4 is 17.7 Å². The molecule has 1 saturated heterocycles. The number of amides is 3. The fraction of sp³-hybridized carbons (Fsp3) is 0.550. The van der Waals surface area contributed by atoms with Gasteiger partial charge in [0.1, 0.15) is 6.04 Å². The maximum Gasteiger partial charge on any atom is 0.245 e. The van der Waals surface area contributed by atoms with E-state index in [0.717, 1.165) is 5.56 Å². The van der Waals surface area contributed by atoms with E-state index in [0.29, 0.717) is 19.5 Å². The standard InChI is InChI=1S/C20H30N4O3/c1-14(2)11-17-20(27)23(13-18(21)25)9-10-24(17)19(26)12-22-15(3)16-7-5-4-6-8-16/h4-8,14-15,17,22H,9-13H2,1-3H3,(H2,21,25)/t15-,17-/m1/s1. The van der Waals surface area contributed by atoms with Crippen LogP contribution in [0.5, 0.6) is 0 Å². The van der Waals surface area contributed by atoms with Crippen LogP contribution >= 0.6 is 0 Å². The molecular formula is C20H30N4O3. The number of piperazine rings is 1. The van der Waals surface area contributed by atoms with Crippen molar-refractivity contribution in [1.82, 2.24) is 15.1 Å². The van der Waals surface area contributed by atoms with Gasteiger partial charge in [0.05, 0.1) is 13.1 Å². The van der Waals surface area contributed by atoms with E-state index in [1.807, 2.05) is 51.1 Å². The minimum Gasteiger partial charge on any atom is -0.368 e. The van der Waals surface area contributed by atoms with Gasteiger partial charge in [0.2, 0.25) is 17.7 Å². The first kappa shape index (κ1) is 20.9. The summed E-state index contributed by atoms with van der Waals surface area (Å²) in [5.41, 5.74) is 6.34. The van der Waals surface area contributed by atoms with Crippen LogP contribution in [0.25, 0.3) is 0 Å². The van der Waals surface area contributed by atoms with Crippen LogP contribution in [0.3, 0.4) is 0 Å². The van der Waals surface area contributed by atoms with Gasteiger partial charge in [-0.3, -0.25) is 14.4 Å². The Morgan fingerprint density at radius 2 is 1.85 bits per heavy atom. The topological polar surface area (TPSA) is 95.7 Å². The molecule has 7 heteroatoms. The van der Waals surface area contributed by atoms with Crippen molar-refractivity contribution in [2.24, 2.45) is 11.7 Å². The predicted molar refractivity (Wildman–Crippen MR) is 104 cm³/mol. The van der Waals surface area contributed by atoms with Crippen molar-refractivity contribution in [3.63, 3.8) is 0 Å². The zero-order valence-electron chi connectivity index (χ0n) is 16.4. The molecule has 1 aromatic carbocycles. The van der Waals surface area contributed by atoms with Crippen molar-refractivity contribution in [3.05, 3.63) is 35.9 Å². The maximum atomic E-state index is 12.8. The van der Waals surface area contributed by atoms with Crippen LogP contribution in [-0.2, 0) is 14.4 Å². The van der Waals surface area contributed by atoms with Crippen LogP contribution in [0.15, 0.2) is 30.3 Å². The Bertz CT molecular complexity index is 662. The first-order valence-electron chi connectivity index (χ1n) is 9.44. The summed E-state index contributed by atoms with van der Waals surface area (Å²) in [7, 11) is 0. The Kier molecular flexibility index (Phi) is 7.36. The Labute approximate surface area is 160 Å². The zero-order valence-corrected chi connectivity index (χ0v) is 16.4. The lowest BCUT2D eigenvalue weighted by Crippen LogP contribution is -2.61. The minimum absolute atomic E-state index is 0.0329. The highest BCUT2D eigenvalue weighted by Crippen LogP contribution is 2.19. The first-order valence-corrected chi connectivity index (χ1v) is 9.44. The predicted octanol–water partition coefficient (Wildman–Crippen LogP) is 0.908. The zero-order chi connectivity index (χ0) is 20.0. The van der Waals surface area contributed by atoms with Crippen molar-refractivity contribution < 1.29 is 14.4 Å². The number of primary amides is 1. The lowest BCUT2D eigenvalue weighted by Gasteiger charge is -2.41. The number of nitrogens with zero attached hydrogens (tertiary/aromatic N) is 2. The lowest BCUT2D eigenvalue weighted by molar-refractivity contribution is -0.152. The van der Waals surface area contributed by atoms with Gasteiger partial charge in [-0.2, -0.15) is 0 Å². The van der Waals surface area contributed by atoms with E-state index >= 15 is 0 Å². The molecule has 7 nitrogen and oxygen atoms in total. The summed E-state index contributed by atoms with van der Waals surface area (Å²) in [5.74, 6) is -0.586. The van der Waals surface area contributed by atoms with E-state index in [2.05, 4.69) is 5.32 Å². The number of rotatable bonds is 8. The maximum absolute atomic E-state index is 12.8. The molecule has 1 heterocycles. The van der Waals surface area contributed by atoms with Gasteiger partial charge < -0.3 is 20.9 Å². The molecule has 1 aliphatic heterocycles. The third kappa shape index (κ3) is 5.79. The van der Waals surface area contributed by atoms with Crippen LogP contribution in [-0.4, -0.2) is 59.7 Å². The second kappa shape index (κ2) is 9.50. The normalized spacial score (nSPS) is 18.7. The van der Waals surface area contributed by atoms with Crippen LogP contribution in [0.2, 0.25) is 0 Å². The highest BCUT2D eigenvalue weighted by Gasteiger charge is 2.37. The monoisotopic (exact) mass is 374 g/mol. The molecule has 1 aliphatic rings. The summed E-state index contributed by atoms with van der Waals surface area (Å²) in [5, 5.41) is 3.24. The van der Waals surface area contributed by atoms with Crippen LogP contribution in [0.1, 0.15) is 38.8 Å². The third-order valence-corrected chi connectivity index (χ3v) is 4.80. The summed E-state index contributed by atoms with van der Waals surface area (Å²) in [6, 6.07) is 9.39. The quantitative estimate of drug-likeness (QED) is 0.707. The Morgan fingerprint density at radius 3 is 2.44 bits per heavy atom. The van der Waals surface area contributed by atoms with E-state index in [-0.39, 0.29) is 36.9 Å². The number of hydrogen-bond acceptors (Lipinski definition) is 4. The summed E-state index contributed by atoms with van der Waals surface area (Å²) in [6.07, 6.45) is 0.564. The van der Waals surface area contributed by atoms with Gasteiger partial charge in [-0.05, 0) is 24.8 Å². The highest BCUT2D eigenvalue weighted by molar-refractivity contribution is 5.91. The number of nitrogens with two attached hydrogens (primary N) is 1. The Balaban J connectivity index is 2.02. The number of nitrogens with one attached hydrogen (secondary N) is 1. The Morgan fingerprint density at radius 1 is 1.19 bits per heavy atom. The largest absolute Gasteiger partial charge is 0.368 e. The van der Waals surface area contributed by atoms with Gasteiger partial charge in [0.25, 0.3) is 0 Å². The Hall–Kier alpha value is -2.41. The summed E-state index contributed by atoms with van der Waals surface area (Å²) in [4.78, 5) is 39.9. The fourth-order valence-electron chi connectivity index (χ4n) is 3.36. The number of hydrogen-bond donors (Lipinski definition) is 2. The van der Waals surface area contributed by atoms with Gasteiger partial charge in [0.15, 0.2) is 0 Å². The lowest BCUT2D eigenvalue weighted by atomic mass is 9.99. The smallest absolute Gasteiger partial charge is 0.245 e. The molecule has 2 atom stereocenters. The molecule has 3 N–H and O–H groups in total. The van der Waals surface area contributed by atoms with E-state index < -0.39 is 11.9 Å². The average molecular weight is 374 g/mol. The van der Waals surface area contributed by atoms with E-state index in [4.69, 9.17) is 5.73 Å². The molecule has 0 aliphatic carbocycles. The highest BCUT2D eigenvalue weighted by atomic mass is 16.2. The summed E-state index contributed by atoms with van der Waals surface area (Å²) in [6.45, 7) is 6.83. The number of benzene rings is 1. The molecule has 1 aromatic rings. The van der Waals surface area contributed by atoms with Crippen LogP contribution < -0.4 is 11.1 Å². The van der Waals surface area contributed by atoms with Crippen molar-refractivity contribution in [2.75, 3.05) is 26.2 Å². The molecular weight excluding hydrogens is 344 g/mol. The molecule has 2 rings (SSSR count).